The number of phenols is 3. The van der Waals surface area contributed by atoms with Crippen LogP contribution in [0.5, 0.6) is 23.0 Å². The van der Waals surface area contributed by atoms with E-state index in [-0.39, 0.29) is 46.4 Å². The molecule has 0 aliphatic carbocycles. The molecule has 0 unspecified atom stereocenters. The van der Waals surface area contributed by atoms with Gasteiger partial charge < -0.3 is 24.5 Å². The van der Waals surface area contributed by atoms with Crippen molar-refractivity contribution in [3.63, 3.8) is 0 Å². The Labute approximate surface area is 179 Å². The Morgan fingerprint density at radius 3 is 2.43 bits per heavy atom. The first-order valence-corrected chi connectivity index (χ1v) is 9.69. The number of aromatic hydroxyl groups is 3. The van der Waals surface area contributed by atoms with Crippen molar-refractivity contribution in [1.82, 2.24) is 4.90 Å². The van der Waals surface area contributed by atoms with Crippen LogP contribution in [-0.2, 0) is 0 Å². The molecule has 0 radical (unpaired) electrons. The molecule has 1 aromatic heterocycles. The lowest BCUT2D eigenvalue weighted by Gasteiger charge is -2.26. The molecule has 1 saturated heterocycles. The van der Waals surface area contributed by atoms with Crippen LogP contribution in [0.4, 0.5) is 0 Å². The third kappa shape index (κ3) is 4.63. The number of hydrogen-bond acceptors (Lipinski definition) is 7. The number of phenolic OH excluding ortho intramolecular Hbond substituents is 3. The molecule has 1 aliphatic rings. The first-order chi connectivity index (χ1) is 14.0. The Morgan fingerprint density at radius 2 is 1.70 bits per heavy atom. The van der Waals surface area contributed by atoms with Crippen molar-refractivity contribution in [2.24, 2.45) is 0 Å². The summed E-state index contributed by atoms with van der Waals surface area (Å²) in [7, 11) is 0. The molecule has 1 fully saturated rings. The summed E-state index contributed by atoms with van der Waals surface area (Å²) in [6.45, 7) is 3.42. The highest BCUT2D eigenvalue weighted by Crippen LogP contribution is 2.34. The molecule has 3 N–H and O–H groups in total. The SMILES string of the molecule is Cl.O=c1cc(-c2ccc(O)c(O)c2)oc2cc(OCCN3CCCCC3)cc(O)c12. The zero-order chi connectivity index (χ0) is 20.4. The number of likely N-dealkylation sites (tertiary alicyclic amines) is 1. The maximum absolute atomic E-state index is 12.5. The summed E-state index contributed by atoms with van der Waals surface area (Å²) in [5.74, 6) is -0.158. The monoisotopic (exact) mass is 433 g/mol. The lowest BCUT2D eigenvalue weighted by atomic mass is 10.1. The number of hydrogen-bond donors (Lipinski definition) is 3. The first-order valence-electron chi connectivity index (χ1n) is 9.69. The number of piperidine rings is 1. The van der Waals surface area contributed by atoms with Gasteiger partial charge in [-0.05, 0) is 44.1 Å². The molecule has 1 aliphatic heterocycles. The molecule has 30 heavy (non-hydrogen) atoms. The number of halogens is 1. The third-order valence-corrected chi connectivity index (χ3v) is 5.17. The minimum absolute atomic E-state index is 0. The van der Waals surface area contributed by atoms with Gasteiger partial charge in [-0.15, -0.1) is 12.4 Å². The summed E-state index contributed by atoms with van der Waals surface area (Å²) in [6, 6.07) is 8.38. The largest absolute Gasteiger partial charge is 0.507 e. The number of ether oxygens (including phenoxy) is 1. The van der Waals surface area contributed by atoms with E-state index in [1.54, 1.807) is 6.07 Å². The lowest BCUT2D eigenvalue weighted by molar-refractivity contribution is 0.183. The zero-order valence-electron chi connectivity index (χ0n) is 16.3. The number of fused-ring (bicyclic) bond motifs is 1. The molecule has 3 aromatic rings. The Morgan fingerprint density at radius 1 is 0.933 bits per heavy atom. The smallest absolute Gasteiger partial charge is 0.197 e. The van der Waals surface area contributed by atoms with Crippen molar-refractivity contribution < 1.29 is 24.5 Å². The second-order valence-corrected chi connectivity index (χ2v) is 7.24. The fourth-order valence-electron chi connectivity index (χ4n) is 3.62. The van der Waals surface area contributed by atoms with Gasteiger partial charge in [-0.3, -0.25) is 9.69 Å². The van der Waals surface area contributed by atoms with E-state index in [0.717, 1.165) is 19.6 Å². The standard InChI is InChI=1S/C22H23NO6.ClH/c24-16-5-4-14(10-17(16)25)20-13-19(27)22-18(26)11-15(12-21(22)29-20)28-9-8-23-6-2-1-3-7-23;/h4-5,10-13,24-26H,1-3,6-9H2;1H. The minimum Gasteiger partial charge on any atom is -0.507 e. The van der Waals surface area contributed by atoms with Crippen molar-refractivity contribution in [3.8, 4) is 34.3 Å². The molecule has 0 amide bonds. The van der Waals surface area contributed by atoms with E-state index in [1.165, 1.54) is 49.6 Å². The van der Waals surface area contributed by atoms with Crippen LogP contribution in [0.1, 0.15) is 19.3 Å². The maximum atomic E-state index is 12.5. The van der Waals surface area contributed by atoms with Crippen molar-refractivity contribution in [1.29, 1.82) is 0 Å². The van der Waals surface area contributed by atoms with Gasteiger partial charge in [-0.25, -0.2) is 0 Å². The Bertz CT molecular complexity index is 1090. The summed E-state index contributed by atoms with van der Waals surface area (Å²) in [5, 5.41) is 29.5. The summed E-state index contributed by atoms with van der Waals surface area (Å²) in [5.41, 5.74) is 0.203. The Balaban J connectivity index is 0.00000256. The van der Waals surface area contributed by atoms with E-state index in [2.05, 4.69) is 4.90 Å². The Hall–Kier alpha value is -2.90. The van der Waals surface area contributed by atoms with Crippen molar-refractivity contribution in [2.75, 3.05) is 26.2 Å². The van der Waals surface area contributed by atoms with E-state index < -0.39 is 5.43 Å². The van der Waals surface area contributed by atoms with Crippen LogP contribution in [0, 0.1) is 0 Å². The average molecular weight is 434 g/mol. The van der Waals surface area contributed by atoms with Gasteiger partial charge in [0.2, 0.25) is 0 Å². The molecule has 160 valence electrons. The van der Waals surface area contributed by atoms with Crippen LogP contribution >= 0.6 is 12.4 Å². The first kappa shape index (κ1) is 21.8. The van der Waals surface area contributed by atoms with Gasteiger partial charge in [0.1, 0.15) is 34.8 Å². The van der Waals surface area contributed by atoms with E-state index in [0.29, 0.717) is 17.9 Å². The molecule has 0 atom stereocenters. The number of benzene rings is 2. The van der Waals surface area contributed by atoms with Crippen LogP contribution < -0.4 is 10.2 Å². The highest BCUT2D eigenvalue weighted by molar-refractivity contribution is 5.86. The van der Waals surface area contributed by atoms with Crippen molar-refractivity contribution >= 4 is 23.4 Å². The summed E-state index contributed by atoms with van der Waals surface area (Å²) >= 11 is 0. The molecular formula is C22H24ClNO6. The van der Waals surface area contributed by atoms with Crippen LogP contribution in [0.2, 0.25) is 0 Å². The van der Waals surface area contributed by atoms with Gasteiger partial charge in [0.05, 0.1) is 0 Å². The zero-order valence-corrected chi connectivity index (χ0v) is 17.2. The van der Waals surface area contributed by atoms with Gasteiger partial charge in [0.25, 0.3) is 0 Å². The normalized spacial score (nSPS) is 14.4. The fraction of sp³-hybridized carbons (Fsp3) is 0.318. The molecule has 0 spiro atoms. The van der Waals surface area contributed by atoms with Crippen molar-refractivity contribution in [3.05, 3.63) is 46.6 Å². The molecule has 0 bridgehead atoms. The van der Waals surface area contributed by atoms with Crippen LogP contribution in [0.25, 0.3) is 22.3 Å². The third-order valence-electron chi connectivity index (χ3n) is 5.17. The highest BCUT2D eigenvalue weighted by Gasteiger charge is 2.15. The molecule has 7 nitrogen and oxygen atoms in total. The molecular weight excluding hydrogens is 410 g/mol. The quantitative estimate of drug-likeness (QED) is 0.525. The molecule has 2 heterocycles. The second kappa shape index (κ2) is 9.28. The fourth-order valence-corrected chi connectivity index (χ4v) is 3.62. The van der Waals surface area contributed by atoms with Gasteiger partial charge in [-0.2, -0.15) is 0 Å². The van der Waals surface area contributed by atoms with Gasteiger partial charge in [0, 0.05) is 30.3 Å². The topological polar surface area (TPSA) is 103 Å². The van der Waals surface area contributed by atoms with Crippen molar-refractivity contribution in [2.45, 2.75) is 19.3 Å². The predicted molar refractivity (Wildman–Crippen MR) is 116 cm³/mol. The molecule has 4 rings (SSSR count). The number of rotatable bonds is 5. The van der Waals surface area contributed by atoms with Gasteiger partial charge >= 0.3 is 0 Å². The molecule has 2 aromatic carbocycles. The number of nitrogens with zero attached hydrogens (tertiary/aromatic N) is 1. The van der Waals surface area contributed by atoms with Crippen LogP contribution in [-0.4, -0.2) is 46.5 Å². The summed E-state index contributed by atoms with van der Waals surface area (Å²) in [6.07, 6.45) is 3.69. The lowest BCUT2D eigenvalue weighted by Crippen LogP contribution is -2.33. The minimum atomic E-state index is -0.411. The van der Waals surface area contributed by atoms with Crippen LogP contribution in [0.3, 0.4) is 0 Å². The van der Waals surface area contributed by atoms with Gasteiger partial charge in [-0.1, -0.05) is 6.42 Å². The van der Waals surface area contributed by atoms with E-state index in [1.807, 2.05) is 0 Å². The predicted octanol–water partition coefficient (Wildman–Crippen LogP) is 3.86. The maximum Gasteiger partial charge on any atom is 0.197 e. The second-order valence-electron chi connectivity index (χ2n) is 7.24. The van der Waals surface area contributed by atoms with Crippen LogP contribution in [0.15, 0.2) is 45.6 Å². The molecule has 0 saturated carbocycles. The van der Waals surface area contributed by atoms with E-state index in [9.17, 15) is 20.1 Å². The average Bonchev–Trinajstić information content (AvgIpc) is 2.70. The van der Waals surface area contributed by atoms with Gasteiger partial charge in [0.15, 0.2) is 16.9 Å². The van der Waals surface area contributed by atoms with E-state index >= 15 is 0 Å². The highest BCUT2D eigenvalue weighted by atomic mass is 35.5. The summed E-state index contributed by atoms with van der Waals surface area (Å²) in [4.78, 5) is 14.8. The summed E-state index contributed by atoms with van der Waals surface area (Å²) < 4.78 is 11.6. The van der Waals surface area contributed by atoms with E-state index in [4.69, 9.17) is 9.15 Å². The Kier molecular flexibility index (Phi) is 6.74. The molecule has 8 heteroatoms.